The number of rotatable bonds is 7. The third-order valence-electron chi connectivity index (χ3n) is 6.97. The van der Waals surface area contributed by atoms with Crippen LogP contribution in [0.4, 0.5) is 4.39 Å². The van der Waals surface area contributed by atoms with Gasteiger partial charge >= 0.3 is 0 Å². The first-order chi connectivity index (χ1) is 16.3. The summed E-state index contributed by atoms with van der Waals surface area (Å²) in [5.74, 6) is -0.469. The van der Waals surface area contributed by atoms with Crippen LogP contribution in [0.25, 0.3) is 0 Å². The number of imidazole rings is 1. The van der Waals surface area contributed by atoms with Gasteiger partial charge in [-0.15, -0.1) is 0 Å². The summed E-state index contributed by atoms with van der Waals surface area (Å²) in [7, 11) is -0.384. The van der Waals surface area contributed by atoms with Gasteiger partial charge in [-0.1, -0.05) is 18.2 Å². The molecule has 0 bridgehead atoms. The second-order valence-electron chi connectivity index (χ2n) is 9.03. The number of halogens is 1. The van der Waals surface area contributed by atoms with Crippen molar-refractivity contribution in [1.82, 2.24) is 24.1 Å². The van der Waals surface area contributed by atoms with Crippen LogP contribution in [0.1, 0.15) is 36.0 Å². The topological polar surface area (TPSA) is 96.8 Å². The minimum absolute atomic E-state index is 0.00812. The Balaban J connectivity index is 1.52. The molecule has 2 aliphatic rings. The van der Waals surface area contributed by atoms with E-state index in [2.05, 4.69) is 10.3 Å². The lowest BCUT2D eigenvalue weighted by Crippen LogP contribution is -2.66. The first kappa shape index (κ1) is 24.8. The molecule has 1 aromatic carbocycles. The van der Waals surface area contributed by atoms with Crippen LogP contribution in [0, 0.1) is 0 Å². The van der Waals surface area contributed by atoms with Gasteiger partial charge in [0, 0.05) is 52.1 Å². The number of aryl methyl sites for hydroxylation is 1. The molecule has 4 rings (SSSR count). The molecule has 1 saturated heterocycles. The van der Waals surface area contributed by atoms with Gasteiger partial charge in [-0.3, -0.25) is 9.69 Å². The van der Waals surface area contributed by atoms with Gasteiger partial charge in [0.05, 0.1) is 18.0 Å². The van der Waals surface area contributed by atoms with E-state index in [0.717, 1.165) is 12.8 Å². The number of hydrogen-bond acceptors (Lipinski definition) is 6. The van der Waals surface area contributed by atoms with Crippen molar-refractivity contribution in [3.8, 4) is 0 Å². The summed E-state index contributed by atoms with van der Waals surface area (Å²) >= 11 is 0. The summed E-state index contributed by atoms with van der Waals surface area (Å²) in [5.41, 5.74) is -0.574. The Bertz CT molecular complexity index is 1090. The Morgan fingerprint density at radius 2 is 1.94 bits per heavy atom. The van der Waals surface area contributed by atoms with Gasteiger partial charge in [0.2, 0.25) is 0 Å². The molecule has 1 N–H and O–H groups in total. The van der Waals surface area contributed by atoms with Crippen molar-refractivity contribution in [3.05, 3.63) is 48.4 Å². The van der Waals surface area contributed by atoms with Crippen LogP contribution in [0.2, 0.25) is 0 Å². The number of methoxy groups -OCH3 is 1. The third-order valence-corrected chi connectivity index (χ3v) is 8.75. The van der Waals surface area contributed by atoms with Gasteiger partial charge in [-0.05, 0) is 37.8 Å². The molecular weight excluding hydrogens is 461 g/mol. The lowest BCUT2D eigenvalue weighted by molar-refractivity contribution is -0.0814. The highest BCUT2D eigenvalue weighted by molar-refractivity contribution is 7.89. The second-order valence-corrected chi connectivity index (χ2v) is 10.9. The fraction of sp³-hybridized carbons (Fsp3) is 0.565. The number of carbonyl (C=O) groups excluding carboxylic acids is 1. The molecule has 1 aromatic heterocycles. The van der Waals surface area contributed by atoms with Gasteiger partial charge in [0.1, 0.15) is 0 Å². The van der Waals surface area contributed by atoms with E-state index in [0.29, 0.717) is 31.5 Å². The van der Waals surface area contributed by atoms with Gasteiger partial charge in [0.15, 0.2) is 11.3 Å². The Kier molecular flexibility index (Phi) is 7.36. The monoisotopic (exact) mass is 493 g/mol. The van der Waals surface area contributed by atoms with Crippen molar-refractivity contribution in [2.45, 2.75) is 48.6 Å². The van der Waals surface area contributed by atoms with E-state index < -0.39 is 27.8 Å². The average molecular weight is 494 g/mol. The van der Waals surface area contributed by atoms with E-state index in [-0.39, 0.29) is 24.2 Å². The molecule has 3 unspecified atom stereocenters. The Hall–Kier alpha value is -2.34. The van der Waals surface area contributed by atoms with Crippen molar-refractivity contribution >= 4 is 15.9 Å². The average Bonchev–Trinajstić information content (AvgIpc) is 3.31. The first-order valence-electron chi connectivity index (χ1n) is 11.5. The molecule has 11 heteroatoms. The van der Waals surface area contributed by atoms with Crippen LogP contribution in [0.15, 0.2) is 47.9 Å². The molecule has 1 amide bonds. The molecule has 1 aliphatic carbocycles. The summed E-state index contributed by atoms with van der Waals surface area (Å²) in [6.45, 7) is 1.14. The van der Waals surface area contributed by atoms with Gasteiger partial charge < -0.3 is 14.6 Å². The normalized spacial score (nSPS) is 25.7. The number of amides is 1. The van der Waals surface area contributed by atoms with E-state index in [9.17, 15) is 13.2 Å². The molecule has 1 aliphatic heterocycles. The first-order valence-corrected chi connectivity index (χ1v) is 13.0. The molecule has 9 nitrogen and oxygen atoms in total. The largest absolute Gasteiger partial charge is 0.381 e. The van der Waals surface area contributed by atoms with E-state index in [1.54, 1.807) is 49.1 Å². The number of aromatic nitrogens is 2. The lowest BCUT2D eigenvalue weighted by Gasteiger charge is -2.52. The highest BCUT2D eigenvalue weighted by Crippen LogP contribution is 2.39. The van der Waals surface area contributed by atoms with Crippen molar-refractivity contribution in [1.29, 1.82) is 0 Å². The summed E-state index contributed by atoms with van der Waals surface area (Å²) in [6.07, 6.45) is 3.73. The number of nitrogens with one attached hydrogen (secondary N) is 1. The Labute approximate surface area is 199 Å². The minimum atomic E-state index is -3.72. The summed E-state index contributed by atoms with van der Waals surface area (Å²) in [6, 6.07) is 8.57. The number of ether oxygens (including phenoxy) is 1. The molecular formula is C23H32FN5O4S. The van der Waals surface area contributed by atoms with E-state index in [4.69, 9.17) is 4.74 Å². The third kappa shape index (κ3) is 4.88. The Morgan fingerprint density at radius 1 is 1.24 bits per heavy atom. The quantitative estimate of drug-likeness (QED) is 0.591. The minimum Gasteiger partial charge on any atom is -0.381 e. The van der Waals surface area contributed by atoms with Crippen LogP contribution in [-0.2, 0) is 21.8 Å². The molecule has 34 heavy (non-hydrogen) atoms. The zero-order valence-corrected chi connectivity index (χ0v) is 20.4. The molecule has 3 atom stereocenters. The maximum atomic E-state index is 16.0. The van der Waals surface area contributed by atoms with E-state index >= 15 is 4.39 Å². The van der Waals surface area contributed by atoms with Gasteiger partial charge in [-0.25, -0.2) is 17.8 Å². The molecule has 186 valence electrons. The van der Waals surface area contributed by atoms with Crippen LogP contribution in [0.3, 0.4) is 0 Å². The molecule has 2 heterocycles. The van der Waals surface area contributed by atoms with Crippen LogP contribution >= 0.6 is 0 Å². The summed E-state index contributed by atoms with van der Waals surface area (Å²) in [5, 5.41) is 2.58. The van der Waals surface area contributed by atoms with Crippen molar-refractivity contribution in [2.75, 3.05) is 33.3 Å². The number of carbonyl (C=O) groups is 1. The zero-order valence-electron chi connectivity index (χ0n) is 19.6. The molecule has 2 fully saturated rings. The smallest absolute Gasteiger partial charge is 0.262 e. The van der Waals surface area contributed by atoms with E-state index in [1.807, 2.05) is 4.90 Å². The number of nitrogens with zero attached hydrogens (tertiary/aromatic N) is 4. The van der Waals surface area contributed by atoms with Crippen molar-refractivity contribution in [2.24, 2.45) is 7.05 Å². The molecule has 0 radical (unpaired) electrons. The summed E-state index contributed by atoms with van der Waals surface area (Å²) < 4.78 is 50.5. The van der Waals surface area contributed by atoms with Gasteiger partial charge in [0.25, 0.3) is 15.9 Å². The highest BCUT2D eigenvalue weighted by atomic mass is 32.2. The second kappa shape index (κ2) is 10.1. The lowest BCUT2D eigenvalue weighted by atomic mass is 9.77. The SMILES string of the molecule is COC1CCCC(C(F)NC(=O)c2ccccc2)(N2CCN(S(=O)(=O)c3cn(C)cn3)CC2)C1. The number of piperazine rings is 1. The van der Waals surface area contributed by atoms with Crippen LogP contribution < -0.4 is 5.32 Å². The number of sulfonamides is 1. The number of alkyl halides is 1. The highest BCUT2D eigenvalue weighted by Gasteiger charge is 2.50. The number of benzene rings is 1. The fourth-order valence-electron chi connectivity index (χ4n) is 5.06. The predicted molar refractivity (Wildman–Crippen MR) is 124 cm³/mol. The van der Waals surface area contributed by atoms with Crippen molar-refractivity contribution < 1.29 is 22.3 Å². The fourth-order valence-corrected chi connectivity index (χ4v) is 6.45. The standard InChI is InChI=1S/C23H32FN5O4S/c1-27-16-20(25-17-27)34(31,32)29-13-11-28(12-14-29)23(10-6-9-19(15-23)33-2)22(24)26-21(30)18-7-4-3-5-8-18/h3-5,7-8,16-17,19,22H,6,9-15H2,1-2H3,(H,26,30). The Morgan fingerprint density at radius 3 is 2.56 bits per heavy atom. The van der Waals surface area contributed by atoms with Crippen LogP contribution in [0.5, 0.6) is 0 Å². The van der Waals surface area contributed by atoms with Crippen molar-refractivity contribution in [3.63, 3.8) is 0 Å². The van der Waals surface area contributed by atoms with Gasteiger partial charge in [-0.2, -0.15) is 4.31 Å². The number of hydrogen-bond donors (Lipinski definition) is 1. The molecule has 2 aromatic rings. The predicted octanol–water partition coefficient (Wildman–Crippen LogP) is 1.78. The molecule has 0 spiro atoms. The zero-order chi connectivity index (χ0) is 24.3. The van der Waals surface area contributed by atoms with Crippen LogP contribution in [-0.4, -0.2) is 84.3 Å². The maximum absolute atomic E-state index is 16.0. The summed E-state index contributed by atoms with van der Waals surface area (Å²) in [4.78, 5) is 18.7. The maximum Gasteiger partial charge on any atom is 0.262 e. The molecule has 1 saturated carbocycles. The van der Waals surface area contributed by atoms with E-state index in [1.165, 1.54) is 16.8 Å².